The Morgan fingerprint density at radius 2 is 1.68 bits per heavy atom. The lowest BCUT2D eigenvalue weighted by atomic mass is 10.1. The minimum Gasteiger partial charge on any atom is -0.318 e. The molecule has 7 heteroatoms. The molecule has 1 saturated heterocycles. The van der Waals surface area contributed by atoms with Crippen LogP contribution >= 0.6 is 12.2 Å². The Bertz CT molecular complexity index is 1260. The van der Waals surface area contributed by atoms with Crippen molar-refractivity contribution in [3.8, 4) is 5.69 Å². The van der Waals surface area contributed by atoms with Crippen molar-refractivity contribution < 1.29 is 14.0 Å². The Balaban J connectivity index is 1.76. The second-order valence-corrected chi connectivity index (χ2v) is 7.82. The molecule has 0 aliphatic carbocycles. The van der Waals surface area contributed by atoms with E-state index in [0.29, 0.717) is 5.69 Å². The summed E-state index contributed by atoms with van der Waals surface area (Å²) in [6.45, 7) is 5.94. The molecule has 0 radical (unpaired) electrons. The van der Waals surface area contributed by atoms with Crippen LogP contribution in [0.3, 0.4) is 0 Å². The van der Waals surface area contributed by atoms with Gasteiger partial charge in [0.1, 0.15) is 11.4 Å². The molecule has 4 rings (SSSR count). The van der Waals surface area contributed by atoms with Crippen LogP contribution in [0.4, 0.5) is 10.1 Å². The van der Waals surface area contributed by atoms with E-state index in [-0.39, 0.29) is 10.7 Å². The number of amides is 2. The SMILES string of the molecule is Cc1cccc(-n2c(C)cc(C=C3C(=O)NC(=S)N(c4ccc(F)cc4)C3=O)c2C)c1. The number of aryl methyl sites for hydroxylation is 2. The normalized spacial score (nSPS) is 15.5. The van der Waals surface area contributed by atoms with Gasteiger partial charge in [0, 0.05) is 17.1 Å². The van der Waals surface area contributed by atoms with E-state index >= 15 is 0 Å². The average Bonchev–Trinajstić information content (AvgIpc) is 2.99. The van der Waals surface area contributed by atoms with Gasteiger partial charge in [-0.1, -0.05) is 12.1 Å². The summed E-state index contributed by atoms with van der Waals surface area (Å²) < 4.78 is 15.4. The Hall–Kier alpha value is -3.58. The van der Waals surface area contributed by atoms with Crippen LogP contribution in [-0.4, -0.2) is 21.5 Å². The predicted octanol–water partition coefficient (Wildman–Crippen LogP) is 4.37. The first kappa shape index (κ1) is 20.7. The van der Waals surface area contributed by atoms with Crippen molar-refractivity contribution in [3.63, 3.8) is 0 Å². The van der Waals surface area contributed by atoms with Crippen LogP contribution in [0.2, 0.25) is 0 Å². The summed E-state index contributed by atoms with van der Waals surface area (Å²) in [5.74, 6) is -1.54. The van der Waals surface area contributed by atoms with E-state index in [4.69, 9.17) is 12.2 Å². The molecule has 1 aliphatic rings. The van der Waals surface area contributed by atoms with Crippen molar-refractivity contribution in [1.82, 2.24) is 9.88 Å². The lowest BCUT2D eigenvalue weighted by Gasteiger charge is -2.28. The molecule has 0 atom stereocenters. The van der Waals surface area contributed by atoms with Gasteiger partial charge in [-0.3, -0.25) is 19.8 Å². The van der Waals surface area contributed by atoms with Gasteiger partial charge in [0.2, 0.25) is 0 Å². The lowest BCUT2D eigenvalue weighted by Crippen LogP contribution is -2.54. The number of hydrogen-bond acceptors (Lipinski definition) is 3. The van der Waals surface area contributed by atoms with E-state index < -0.39 is 17.6 Å². The van der Waals surface area contributed by atoms with Crippen molar-refractivity contribution >= 4 is 40.9 Å². The summed E-state index contributed by atoms with van der Waals surface area (Å²) in [6, 6.07) is 15.4. The molecule has 1 aromatic heterocycles. The largest absolute Gasteiger partial charge is 0.318 e. The summed E-state index contributed by atoms with van der Waals surface area (Å²) in [5, 5.41) is 2.51. The van der Waals surface area contributed by atoms with Gasteiger partial charge in [-0.25, -0.2) is 4.39 Å². The molecule has 2 amide bonds. The van der Waals surface area contributed by atoms with Gasteiger partial charge in [-0.05, 0) is 92.7 Å². The number of nitrogens with one attached hydrogen (secondary N) is 1. The molecular formula is C24H20FN3O2S. The Labute approximate surface area is 184 Å². The fraction of sp³-hybridized carbons (Fsp3) is 0.125. The maximum absolute atomic E-state index is 13.3. The molecule has 1 N–H and O–H groups in total. The third kappa shape index (κ3) is 3.80. The maximum atomic E-state index is 13.3. The predicted molar refractivity (Wildman–Crippen MR) is 123 cm³/mol. The van der Waals surface area contributed by atoms with Crippen LogP contribution in [0.1, 0.15) is 22.5 Å². The fourth-order valence-corrected chi connectivity index (χ4v) is 4.02. The molecule has 1 fully saturated rings. The van der Waals surface area contributed by atoms with E-state index in [1.54, 1.807) is 6.08 Å². The Morgan fingerprint density at radius 1 is 0.968 bits per heavy atom. The highest BCUT2D eigenvalue weighted by Gasteiger charge is 2.34. The number of anilines is 1. The van der Waals surface area contributed by atoms with Gasteiger partial charge < -0.3 is 4.57 Å². The molecular weight excluding hydrogens is 413 g/mol. The van der Waals surface area contributed by atoms with Gasteiger partial charge in [-0.15, -0.1) is 0 Å². The quantitative estimate of drug-likeness (QED) is 0.379. The van der Waals surface area contributed by atoms with Crippen LogP contribution < -0.4 is 10.2 Å². The zero-order valence-corrected chi connectivity index (χ0v) is 18.1. The molecule has 0 spiro atoms. The second-order valence-electron chi connectivity index (χ2n) is 7.44. The van der Waals surface area contributed by atoms with E-state index in [2.05, 4.69) is 16.0 Å². The Morgan fingerprint density at radius 3 is 2.35 bits per heavy atom. The molecule has 2 heterocycles. The second kappa shape index (κ2) is 7.92. The zero-order valence-electron chi connectivity index (χ0n) is 17.3. The molecule has 0 saturated carbocycles. The first-order valence-corrected chi connectivity index (χ1v) is 10.1. The van der Waals surface area contributed by atoms with Crippen LogP contribution in [-0.2, 0) is 9.59 Å². The van der Waals surface area contributed by atoms with Crippen LogP contribution in [0.5, 0.6) is 0 Å². The monoisotopic (exact) mass is 433 g/mol. The topological polar surface area (TPSA) is 54.3 Å². The highest BCUT2D eigenvalue weighted by Crippen LogP contribution is 2.26. The number of nitrogens with zero attached hydrogens (tertiary/aromatic N) is 2. The minimum atomic E-state index is -0.561. The van der Waals surface area contributed by atoms with Crippen LogP contribution in [0.15, 0.2) is 60.2 Å². The van der Waals surface area contributed by atoms with Gasteiger partial charge in [-0.2, -0.15) is 0 Å². The summed E-state index contributed by atoms with van der Waals surface area (Å²) in [5.41, 5.74) is 5.12. The minimum absolute atomic E-state index is 0.0380. The number of carbonyl (C=O) groups excluding carboxylic acids is 2. The van der Waals surface area contributed by atoms with Crippen molar-refractivity contribution in [2.45, 2.75) is 20.8 Å². The van der Waals surface area contributed by atoms with Crippen LogP contribution in [0, 0.1) is 26.6 Å². The number of benzene rings is 2. The molecule has 31 heavy (non-hydrogen) atoms. The molecule has 156 valence electrons. The standard InChI is InChI=1S/C24H20FN3O2S/c1-14-5-4-6-20(11-14)27-15(2)12-17(16(27)3)13-21-22(29)26-24(31)28(23(21)30)19-9-7-18(25)8-10-19/h4-13H,1-3H3,(H,26,29,31). The number of thiocarbonyl (C=S) groups is 1. The smallest absolute Gasteiger partial charge is 0.270 e. The first-order chi connectivity index (χ1) is 14.8. The number of carbonyl (C=O) groups is 2. The van der Waals surface area contributed by atoms with Crippen molar-refractivity contribution in [2.75, 3.05) is 4.90 Å². The summed E-state index contributed by atoms with van der Waals surface area (Å²) in [7, 11) is 0. The highest BCUT2D eigenvalue weighted by atomic mass is 32.1. The summed E-state index contributed by atoms with van der Waals surface area (Å²) >= 11 is 5.19. The first-order valence-electron chi connectivity index (χ1n) is 9.69. The highest BCUT2D eigenvalue weighted by molar-refractivity contribution is 7.80. The number of aromatic nitrogens is 1. The third-order valence-electron chi connectivity index (χ3n) is 5.22. The summed E-state index contributed by atoms with van der Waals surface area (Å²) in [6.07, 6.45) is 1.57. The Kier molecular flexibility index (Phi) is 5.29. The van der Waals surface area contributed by atoms with E-state index in [9.17, 15) is 14.0 Å². The summed E-state index contributed by atoms with van der Waals surface area (Å²) in [4.78, 5) is 26.9. The number of halogens is 1. The van der Waals surface area contributed by atoms with E-state index in [1.165, 1.54) is 29.2 Å². The molecule has 1 aliphatic heterocycles. The fourth-order valence-electron chi connectivity index (χ4n) is 3.74. The molecule has 0 unspecified atom stereocenters. The molecule has 5 nitrogen and oxygen atoms in total. The number of rotatable bonds is 3. The van der Waals surface area contributed by atoms with Crippen molar-refractivity contribution in [2.24, 2.45) is 0 Å². The molecule has 2 aromatic carbocycles. The number of hydrogen-bond donors (Lipinski definition) is 1. The van der Waals surface area contributed by atoms with Crippen molar-refractivity contribution in [3.05, 3.63) is 88.5 Å². The van der Waals surface area contributed by atoms with Gasteiger partial charge in [0.05, 0.1) is 5.69 Å². The van der Waals surface area contributed by atoms with Crippen LogP contribution in [0.25, 0.3) is 11.8 Å². The zero-order chi connectivity index (χ0) is 22.3. The molecule has 3 aromatic rings. The van der Waals surface area contributed by atoms with Gasteiger partial charge in [0.25, 0.3) is 11.8 Å². The van der Waals surface area contributed by atoms with Crippen molar-refractivity contribution in [1.29, 1.82) is 0 Å². The average molecular weight is 434 g/mol. The maximum Gasteiger partial charge on any atom is 0.270 e. The van der Waals surface area contributed by atoms with E-state index in [1.807, 2.05) is 45.0 Å². The van der Waals surface area contributed by atoms with E-state index in [0.717, 1.165) is 28.2 Å². The van der Waals surface area contributed by atoms with Gasteiger partial charge in [0.15, 0.2) is 5.11 Å². The third-order valence-corrected chi connectivity index (χ3v) is 5.50. The molecule has 0 bridgehead atoms. The van der Waals surface area contributed by atoms with Gasteiger partial charge >= 0.3 is 0 Å². The lowest BCUT2D eigenvalue weighted by molar-refractivity contribution is -0.122.